The highest BCUT2D eigenvalue weighted by Crippen LogP contribution is 2.18. The van der Waals surface area contributed by atoms with Crippen LogP contribution >= 0.6 is 15.9 Å². The van der Waals surface area contributed by atoms with E-state index in [2.05, 4.69) is 32.2 Å². The van der Waals surface area contributed by atoms with Crippen molar-refractivity contribution < 1.29 is 9.53 Å². The maximum atomic E-state index is 11.6. The Morgan fingerprint density at radius 1 is 1.39 bits per heavy atom. The molecule has 0 aromatic heterocycles. The van der Waals surface area contributed by atoms with Gasteiger partial charge in [0, 0.05) is 30.1 Å². The van der Waals surface area contributed by atoms with Crippen LogP contribution in [-0.2, 0) is 11.3 Å². The molecule has 23 heavy (non-hydrogen) atoms. The molecule has 5 nitrogen and oxygen atoms in total. The number of hydrogen-bond acceptors (Lipinski definition) is 4. The first kappa shape index (κ1) is 19.9. The van der Waals surface area contributed by atoms with E-state index in [-0.39, 0.29) is 12.1 Å². The highest BCUT2D eigenvalue weighted by atomic mass is 79.9. The average Bonchev–Trinajstić information content (AvgIpc) is 2.44. The first-order chi connectivity index (χ1) is 10.7. The Morgan fingerprint density at radius 3 is 2.61 bits per heavy atom. The molecule has 0 aliphatic heterocycles. The van der Waals surface area contributed by atoms with E-state index in [1.807, 2.05) is 46.0 Å². The Balaban J connectivity index is 2.44. The molecule has 0 saturated heterocycles. The maximum absolute atomic E-state index is 11.6. The van der Waals surface area contributed by atoms with E-state index in [0.29, 0.717) is 13.1 Å². The zero-order valence-electron chi connectivity index (χ0n) is 14.4. The highest BCUT2D eigenvalue weighted by molar-refractivity contribution is 9.10. The Kier molecular flexibility index (Phi) is 8.02. The standard InChI is InChI=1S/C17H28BrN3O2/c1-17(2,3)23-16(22)20-10-9-14(11-19)21(4)12-13-7-5-6-8-15(13)18/h5-8,14H,9-12,19H2,1-4H3,(H,20,22). The third kappa shape index (κ3) is 7.81. The van der Waals surface area contributed by atoms with E-state index in [4.69, 9.17) is 10.5 Å². The predicted octanol–water partition coefficient (Wildman–Crippen LogP) is 3.12. The Labute approximate surface area is 147 Å². The lowest BCUT2D eigenvalue weighted by molar-refractivity contribution is 0.0522. The van der Waals surface area contributed by atoms with Gasteiger partial charge in [-0.3, -0.25) is 4.90 Å². The molecule has 0 aliphatic carbocycles. The summed E-state index contributed by atoms with van der Waals surface area (Å²) in [5.74, 6) is 0. The number of likely N-dealkylation sites (N-methyl/N-ethyl adjacent to an activating group) is 1. The summed E-state index contributed by atoms with van der Waals surface area (Å²) in [5.41, 5.74) is 6.62. The summed E-state index contributed by atoms with van der Waals surface area (Å²) < 4.78 is 6.32. The van der Waals surface area contributed by atoms with Crippen LogP contribution in [0.15, 0.2) is 28.7 Å². The van der Waals surface area contributed by atoms with Crippen LogP contribution in [0.4, 0.5) is 4.79 Å². The summed E-state index contributed by atoms with van der Waals surface area (Å²) in [6, 6.07) is 8.34. The van der Waals surface area contributed by atoms with Crippen molar-refractivity contribution in [3.05, 3.63) is 34.3 Å². The molecule has 1 aromatic carbocycles. The van der Waals surface area contributed by atoms with E-state index in [9.17, 15) is 4.79 Å². The number of hydrogen-bond donors (Lipinski definition) is 2. The van der Waals surface area contributed by atoms with Gasteiger partial charge in [-0.25, -0.2) is 4.79 Å². The monoisotopic (exact) mass is 385 g/mol. The summed E-state index contributed by atoms with van der Waals surface area (Å²) in [6.07, 6.45) is 0.387. The summed E-state index contributed by atoms with van der Waals surface area (Å²) in [4.78, 5) is 13.9. The second kappa shape index (κ2) is 9.25. The molecule has 130 valence electrons. The molecule has 0 aliphatic rings. The fourth-order valence-electron chi connectivity index (χ4n) is 2.20. The molecule has 0 fully saturated rings. The van der Waals surface area contributed by atoms with Crippen LogP contribution < -0.4 is 11.1 Å². The number of carbonyl (C=O) groups is 1. The molecule has 0 heterocycles. The molecule has 0 radical (unpaired) electrons. The lowest BCUT2D eigenvalue weighted by atomic mass is 10.1. The lowest BCUT2D eigenvalue weighted by Crippen LogP contribution is -2.41. The fraction of sp³-hybridized carbons (Fsp3) is 0.588. The zero-order chi connectivity index (χ0) is 17.5. The van der Waals surface area contributed by atoms with Gasteiger partial charge in [0.25, 0.3) is 0 Å². The number of rotatable bonds is 7. The van der Waals surface area contributed by atoms with Crippen molar-refractivity contribution in [1.82, 2.24) is 10.2 Å². The summed E-state index contributed by atoms with van der Waals surface area (Å²) >= 11 is 3.56. The second-order valence-electron chi connectivity index (χ2n) is 6.61. The molecular weight excluding hydrogens is 358 g/mol. The van der Waals surface area contributed by atoms with Crippen LogP contribution in [0.2, 0.25) is 0 Å². The van der Waals surface area contributed by atoms with E-state index >= 15 is 0 Å². The molecule has 6 heteroatoms. The Bertz CT molecular complexity index is 503. The molecule has 1 rings (SSSR count). The number of ether oxygens (including phenoxy) is 1. The van der Waals surface area contributed by atoms with Gasteiger partial charge in [0.2, 0.25) is 0 Å². The molecule has 0 bridgehead atoms. The normalized spacial score (nSPS) is 13.0. The zero-order valence-corrected chi connectivity index (χ0v) is 16.0. The van der Waals surface area contributed by atoms with Crippen molar-refractivity contribution in [3.63, 3.8) is 0 Å². The minimum atomic E-state index is -0.478. The SMILES string of the molecule is CN(Cc1ccccc1Br)C(CN)CCNC(=O)OC(C)(C)C. The molecular formula is C17H28BrN3O2. The van der Waals surface area contributed by atoms with E-state index < -0.39 is 5.60 Å². The van der Waals surface area contributed by atoms with E-state index in [1.165, 1.54) is 5.56 Å². The molecule has 0 spiro atoms. The van der Waals surface area contributed by atoms with Crippen LogP contribution in [0.5, 0.6) is 0 Å². The third-order valence-electron chi connectivity index (χ3n) is 3.42. The van der Waals surface area contributed by atoms with Crippen LogP contribution in [0.1, 0.15) is 32.8 Å². The van der Waals surface area contributed by atoms with Gasteiger partial charge in [-0.2, -0.15) is 0 Å². The van der Waals surface area contributed by atoms with E-state index in [0.717, 1.165) is 17.4 Å². The molecule has 3 N–H and O–H groups in total. The smallest absolute Gasteiger partial charge is 0.407 e. The van der Waals surface area contributed by atoms with Gasteiger partial charge >= 0.3 is 6.09 Å². The number of halogens is 1. The van der Waals surface area contributed by atoms with Crippen molar-refractivity contribution in [1.29, 1.82) is 0 Å². The van der Waals surface area contributed by atoms with Crippen LogP contribution in [0, 0.1) is 0 Å². The number of nitrogens with zero attached hydrogens (tertiary/aromatic N) is 1. The molecule has 1 amide bonds. The van der Waals surface area contributed by atoms with Crippen molar-refractivity contribution in [2.75, 3.05) is 20.1 Å². The van der Waals surface area contributed by atoms with Crippen molar-refractivity contribution >= 4 is 22.0 Å². The maximum Gasteiger partial charge on any atom is 0.407 e. The van der Waals surface area contributed by atoms with Gasteiger partial charge in [0.1, 0.15) is 5.60 Å². The minimum absolute atomic E-state index is 0.192. The van der Waals surface area contributed by atoms with Gasteiger partial charge in [-0.15, -0.1) is 0 Å². The van der Waals surface area contributed by atoms with Gasteiger partial charge in [0.05, 0.1) is 0 Å². The van der Waals surface area contributed by atoms with Crippen LogP contribution in [0.3, 0.4) is 0 Å². The van der Waals surface area contributed by atoms with Gasteiger partial charge in [-0.1, -0.05) is 34.1 Å². The van der Waals surface area contributed by atoms with Gasteiger partial charge < -0.3 is 15.8 Å². The molecule has 1 aromatic rings. The van der Waals surface area contributed by atoms with Gasteiger partial charge in [-0.05, 0) is 45.9 Å². The van der Waals surface area contributed by atoms with Crippen molar-refractivity contribution in [3.8, 4) is 0 Å². The minimum Gasteiger partial charge on any atom is -0.444 e. The topological polar surface area (TPSA) is 67.6 Å². The van der Waals surface area contributed by atoms with Gasteiger partial charge in [0.15, 0.2) is 0 Å². The largest absolute Gasteiger partial charge is 0.444 e. The summed E-state index contributed by atoms with van der Waals surface area (Å²) in [7, 11) is 2.05. The second-order valence-corrected chi connectivity index (χ2v) is 7.47. The van der Waals surface area contributed by atoms with Crippen LogP contribution in [-0.4, -0.2) is 42.8 Å². The highest BCUT2D eigenvalue weighted by Gasteiger charge is 2.17. The number of amides is 1. The number of alkyl carbamates (subject to hydrolysis) is 1. The number of nitrogens with two attached hydrogens (primary N) is 1. The number of nitrogens with one attached hydrogen (secondary N) is 1. The fourth-order valence-corrected chi connectivity index (χ4v) is 2.61. The third-order valence-corrected chi connectivity index (χ3v) is 4.19. The molecule has 0 saturated carbocycles. The summed E-state index contributed by atoms with van der Waals surface area (Å²) in [5, 5.41) is 2.78. The quantitative estimate of drug-likeness (QED) is 0.756. The molecule has 1 unspecified atom stereocenters. The first-order valence-corrected chi connectivity index (χ1v) is 8.63. The first-order valence-electron chi connectivity index (χ1n) is 7.83. The summed E-state index contributed by atoms with van der Waals surface area (Å²) in [6.45, 7) is 7.42. The average molecular weight is 386 g/mol. The van der Waals surface area contributed by atoms with E-state index in [1.54, 1.807) is 0 Å². The Morgan fingerprint density at radius 2 is 2.04 bits per heavy atom. The lowest BCUT2D eigenvalue weighted by Gasteiger charge is -2.27. The molecule has 1 atom stereocenters. The predicted molar refractivity (Wildman–Crippen MR) is 97.3 cm³/mol. The van der Waals surface area contributed by atoms with Crippen LogP contribution in [0.25, 0.3) is 0 Å². The number of benzene rings is 1. The van der Waals surface area contributed by atoms with Crippen molar-refractivity contribution in [2.45, 2.75) is 45.4 Å². The Hall–Kier alpha value is -1.11. The number of carbonyl (C=O) groups excluding carboxylic acids is 1. The van der Waals surface area contributed by atoms with Crippen molar-refractivity contribution in [2.24, 2.45) is 5.73 Å².